The first-order valence-electron chi connectivity index (χ1n) is 9.35. The monoisotopic (exact) mass is 363 g/mol. The molecule has 3 atom stereocenters. The molecule has 144 valence electrons. The van der Waals surface area contributed by atoms with E-state index < -0.39 is 0 Å². The summed E-state index contributed by atoms with van der Waals surface area (Å²) in [5.74, 6) is 0.933. The number of urea groups is 1. The van der Waals surface area contributed by atoms with E-state index >= 15 is 0 Å². The summed E-state index contributed by atoms with van der Waals surface area (Å²) in [5, 5.41) is 3.17. The number of morpholine rings is 1. The SMILES string of the molecule is CC1CCCC1NC(=O)N1CCOC(CN(C)c2nccn(C)c2=O)C1. The molecule has 3 unspecified atom stereocenters. The highest BCUT2D eigenvalue weighted by atomic mass is 16.5. The molecule has 0 bridgehead atoms. The summed E-state index contributed by atoms with van der Waals surface area (Å²) in [5.41, 5.74) is -0.143. The molecule has 1 saturated carbocycles. The number of anilines is 1. The summed E-state index contributed by atoms with van der Waals surface area (Å²) in [4.78, 5) is 32.6. The van der Waals surface area contributed by atoms with Crippen molar-refractivity contribution in [3.8, 4) is 0 Å². The third-order valence-corrected chi connectivity index (χ3v) is 5.43. The minimum atomic E-state index is -0.146. The number of likely N-dealkylation sites (N-methyl/N-ethyl adjacent to an activating group) is 1. The fourth-order valence-corrected chi connectivity index (χ4v) is 3.76. The predicted molar refractivity (Wildman–Crippen MR) is 99.4 cm³/mol. The maximum absolute atomic E-state index is 12.6. The molecule has 8 nitrogen and oxygen atoms in total. The van der Waals surface area contributed by atoms with Crippen LogP contribution in [-0.2, 0) is 11.8 Å². The molecule has 1 aliphatic heterocycles. The molecule has 1 aliphatic carbocycles. The molecule has 26 heavy (non-hydrogen) atoms. The van der Waals surface area contributed by atoms with Gasteiger partial charge in [-0.05, 0) is 18.8 Å². The van der Waals surface area contributed by atoms with Gasteiger partial charge in [-0.1, -0.05) is 13.3 Å². The summed E-state index contributed by atoms with van der Waals surface area (Å²) >= 11 is 0. The highest BCUT2D eigenvalue weighted by Gasteiger charge is 2.30. The Balaban J connectivity index is 1.57. The Morgan fingerprint density at radius 2 is 2.27 bits per heavy atom. The van der Waals surface area contributed by atoms with E-state index in [0.717, 1.165) is 6.42 Å². The van der Waals surface area contributed by atoms with E-state index in [-0.39, 0.29) is 23.7 Å². The van der Waals surface area contributed by atoms with Crippen LogP contribution in [-0.4, -0.2) is 65.9 Å². The summed E-state index contributed by atoms with van der Waals surface area (Å²) < 4.78 is 7.31. The Bertz CT molecular complexity index is 692. The standard InChI is InChI=1S/C18H29N5O3/c1-13-5-4-6-15(13)20-18(25)23-9-10-26-14(12-23)11-22(3)16-17(24)21(2)8-7-19-16/h7-8,13-15H,4-6,9-12H2,1-3H3,(H,20,25). The van der Waals surface area contributed by atoms with E-state index in [2.05, 4.69) is 17.2 Å². The van der Waals surface area contributed by atoms with E-state index in [1.54, 1.807) is 24.3 Å². The predicted octanol–water partition coefficient (Wildman–Crippen LogP) is 0.816. The van der Waals surface area contributed by atoms with Gasteiger partial charge >= 0.3 is 6.03 Å². The Morgan fingerprint density at radius 3 is 3.00 bits per heavy atom. The van der Waals surface area contributed by atoms with Gasteiger partial charge < -0.3 is 24.4 Å². The fraction of sp³-hybridized carbons (Fsp3) is 0.722. The lowest BCUT2D eigenvalue weighted by atomic mass is 10.1. The number of amides is 2. The van der Waals surface area contributed by atoms with Crippen LogP contribution in [0.4, 0.5) is 10.6 Å². The zero-order valence-electron chi connectivity index (χ0n) is 15.9. The van der Waals surface area contributed by atoms with E-state index in [0.29, 0.717) is 38.0 Å². The van der Waals surface area contributed by atoms with E-state index in [4.69, 9.17) is 4.74 Å². The molecule has 1 aromatic rings. The molecule has 0 aromatic carbocycles. The summed E-state index contributed by atoms with van der Waals surface area (Å²) in [6.45, 7) is 4.33. The van der Waals surface area contributed by atoms with E-state index in [1.165, 1.54) is 17.4 Å². The van der Waals surface area contributed by atoms with Gasteiger partial charge in [0.1, 0.15) is 0 Å². The molecule has 2 amide bonds. The molecule has 1 aromatic heterocycles. The van der Waals surface area contributed by atoms with Crippen molar-refractivity contribution >= 4 is 11.8 Å². The molecule has 8 heteroatoms. The number of aryl methyl sites for hydroxylation is 1. The van der Waals surface area contributed by atoms with Crippen LogP contribution < -0.4 is 15.8 Å². The maximum Gasteiger partial charge on any atom is 0.317 e. The van der Waals surface area contributed by atoms with Gasteiger partial charge in [-0.15, -0.1) is 0 Å². The topological polar surface area (TPSA) is 79.7 Å². The van der Waals surface area contributed by atoms with Gasteiger partial charge in [-0.3, -0.25) is 4.79 Å². The number of carbonyl (C=O) groups is 1. The number of hydrogen-bond donors (Lipinski definition) is 1. The van der Waals surface area contributed by atoms with Crippen LogP contribution in [0.15, 0.2) is 17.2 Å². The van der Waals surface area contributed by atoms with Crippen molar-refractivity contribution in [3.05, 3.63) is 22.7 Å². The van der Waals surface area contributed by atoms with Crippen LogP contribution >= 0.6 is 0 Å². The van der Waals surface area contributed by atoms with E-state index in [9.17, 15) is 9.59 Å². The lowest BCUT2D eigenvalue weighted by Gasteiger charge is -2.35. The minimum absolute atomic E-state index is 0.00606. The summed E-state index contributed by atoms with van der Waals surface area (Å²) in [6, 6.07) is 0.275. The van der Waals surface area contributed by atoms with Crippen molar-refractivity contribution < 1.29 is 9.53 Å². The fourth-order valence-electron chi connectivity index (χ4n) is 3.76. The van der Waals surface area contributed by atoms with Crippen molar-refractivity contribution in [2.75, 3.05) is 38.2 Å². The number of carbonyl (C=O) groups excluding carboxylic acids is 1. The number of nitrogens with zero attached hydrogens (tertiary/aromatic N) is 4. The second-order valence-electron chi connectivity index (χ2n) is 7.45. The summed E-state index contributed by atoms with van der Waals surface area (Å²) in [7, 11) is 3.53. The van der Waals surface area contributed by atoms with Crippen molar-refractivity contribution in [2.45, 2.75) is 38.3 Å². The van der Waals surface area contributed by atoms with Crippen molar-refractivity contribution in [3.63, 3.8) is 0 Å². The molecule has 2 heterocycles. The Kier molecular flexibility index (Phi) is 5.80. The second kappa shape index (κ2) is 8.07. The molecular formula is C18H29N5O3. The van der Waals surface area contributed by atoms with Crippen molar-refractivity contribution in [1.82, 2.24) is 19.8 Å². The lowest BCUT2D eigenvalue weighted by molar-refractivity contribution is -0.00962. The molecule has 2 fully saturated rings. The Morgan fingerprint density at radius 1 is 1.46 bits per heavy atom. The smallest absolute Gasteiger partial charge is 0.317 e. The average molecular weight is 363 g/mol. The van der Waals surface area contributed by atoms with Crippen LogP contribution in [0.1, 0.15) is 26.2 Å². The van der Waals surface area contributed by atoms with E-state index in [1.807, 2.05) is 11.9 Å². The van der Waals surface area contributed by atoms with Crippen LogP contribution in [0.2, 0.25) is 0 Å². The van der Waals surface area contributed by atoms with Crippen LogP contribution in [0.3, 0.4) is 0 Å². The first kappa shape index (κ1) is 18.7. The zero-order chi connectivity index (χ0) is 18.7. The normalized spacial score (nSPS) is 26.0. The number of ether oxygens (including phenoxy) is 1. The summed E-state index contributed by atoms with van der Waals surface area (Å²) in [6.07, 6.45) is 6.52. The number of nitrogens with one attached hydrogen (secondary N) is 1. The lowest BCUT2D eigenvalue weighted by Crippen LogP contribution is -2.54. The van der Waals surface area contributed by atoms with Gasteiger partial charge in [0.15, 0.2) is 5.82 Å². The second-order valence-corrected chi connectivity index (χ2v) is 7.45. The minimum Gasteiger partial charge on any atom is -0.373 e. The highest BCUT2D eigenvalue weighted by molar-refractivity contribution is 5.74. The van der Waals surface area contributed by atoms with Crippen molar-refractivity contribution in [1.29, 1.82) is 0 Å². The molecule has 1 N–H and O–H groups in total. The van der Waals surface area contributed by atoms with Crippen LogP contribution in [0.25, 0.3) is 0 Å². The van der Waals surface area contributed by atoms with Gasteiger partial charge in [0.2, 0.25) is 0 Å². The van der Waals surface area contributed by atoms with Crippen LogP contribution in [0, 0.1) is 5.92 Å². The van der Waals surface area contributed by atoms with Gasteiger partial charge in [-0.2, -0.15) is 0 Å². The van der Waals surface area contributed by atoms with Gasteiger partial charge in [0, 0.05) is 45.6 Å². The largest absolute Gasteiger partial charge is 0.373 e. The molecule has 3 rings (SSSR count). The molecule has 1 saturated heterocycles. The third-order valence-electron chi connectivity index (χ3n) is 5.43. The first-order valence-corrected chi connectivity index (χ1v) is 9.35. The Hall–Kier alpha value is -2.09. The molecular weight excluding hydrogens is 334 g/mol. The van der Waals surface area contributed by atoms with Crippen LogP contribution in [0.5, 0.6) is 0 Å². The Labute approximate surface area is 154 Å². The molecule has 0 radical (unpaired) electrons. The molecule has 2 aliphatic rings. The quantitative estimate of drug-likeness (QED) is 0.857. The van der Waals surface area contributed by atoms with Gasteiger partial charge in [-0.25, -0.2) is 9.78 Å². The average Bonchev–Trinajstić information content (AvgIpc) is 3.02. The molecule has 0 spiro atoms. The highest BCUT2D eigenvalue weighted by Crippen LogP contribution is 2.25. The number of hydrogen-bond acceptors (Lipinski definition) is 5. The van der Waals surface area contributed by atoms with Gasteiger partial charge in [0.25, 0.3) is 5.56 Å². The zero-order valence-corrected chi connectivity index (χ0v) is 15.9. The number of aromatic nitrogens is 2. The first-order chi connectivity index (χ1) is 12.5. The number of rotatable bonds is 4. The third kappa shape index (κ3) is 4.17. The van der Waals surface area contributed by atoms with Gasteiger partial charge in [0.05, 0.1) is 19.3 Å². The maximum atomic E-state index is 12.6. The van der Waals surface area contributed by atoms with Crippen molar-refractivity contribution in [2.24, 2.45) is 13.0 Å².